The first kappa shape index (κ1) is 10.7. The third-order valence-electron chi connectivity index (χ3n) is 3.12. The van der Waals surface area contributed by atoms with Crippen molar-refractivity contribution in [2.24, 2.45) is 0 Å². The van der Waals surface area contributed by atoms with E-state index in [4.69, 9.17) is 0 Å². The van der Waals surface area contributed by atoms with E-state index in [1.54, 1.807) is 6.07 Å². The lowest BCUT2D eigenvalue weighted by Crippen LogP contribution is -1.86. The molecule has 2 aromatic rings. The normalized spacial score (nSPS) is 10.4. The molecule has 0 saturated heterocycles. The second-order valence-electron chi connectivity index (χ2n) is 4.25. The topological polar surface area (TPSA) is 20.2 Å². The van der Waals surface area contributed by atoms with Gasteiger partial charge in [-0.05, 0) is 54.7 Å². The minimum absolute atomic E-state index is 0.357. The molecule has 2 rings (SSSR count). The molecule has 1 heteroatoms. The molecule has 0 aromatic heterocycles. The van der Waals surface area contributed by atoms with Crippen molar-refractivity contribution >= 4 is 0 Å². The average Bonchev–Trinajstić information content (AvgIpc) is 2.26. The van der Waals surface area contributed by atoms with Gasteiger partial charge in [-0.3, -0.25) is 0 Å². The monoisotopic (exact) mass is 212 g/mol. The Balaban J connectivity index is 2.59. The fraction of sp³-hybridized carbons (Fsp3) is 0.200. The van der Waals surface area contributed by atoms with E-state index in [9.17, 15) is 5.11 Å². The largest absolute Gasteiger partial charge is 0.508 e. The molecule has 0 bridgehead atoms. The summed E-state index contributed by atoms with van der Waals surface area (Å²) < 4.78 is 0. The third-order valence-corrected chi connectivity index (χ3v) is 3.12. The second kappa shape index (κ2) is 4.01. The molecule has 1 nitrogen and oxygen atoms in total. The predicted octanol–water partition coefficient (Wildman–Crippen LogP) is 3.98. The zero-order chi connectivity index (χ0) is 11.7. The highest BCUT2D eigenvalue weighted by Crippen LogP contribution is 2.29. The number of rotatable bonds is 1. The van der Waals surface area contributed by atoms with Crippen LogP contribution in [0.1, 0.15) is 16.7 Å². The Morgan fingerprint density at radius 3 is 2.31 bits per heavy atom. The summed E-state index contributed by atoms with van der Waals surface area (Å²) in [6.07, 6.45) is 0. The van der Waals surface area contributed by atoms with Gasteiger partial charge in [0.15, 0.2) is 0 Å². The van der Waals surface area contributed by atoms with E-state index < -0.39 is 0 Å². The summed E-state index contributed by atoms with van der Waals surface area (Å²) >= 11 is 0. The highest BCUT2D eigenvalue weighted by Gasteiger charge is 2.05. The summed E-state index contributed by atoms with van der Waals surface area (Å²) in [5.41, 5.74) is 5.77. The molecule has 0 aliphatic rings. The number of phenolic OH excluding ortho intramolecular Hbond substituents is 1. The number of phenols is 1. The van der Waals surface area contributed by atoms with Crippen LogP contribution in [0.15, 0.2) is 36.4 Å². The van der Waals surface area contributed by atoms with Gasteiger partial charge in [0.25, 0.3) is 0 Å². The Kier molecular flexibility index (Phi) is 2.69. The highest BCUT2D eigenvalue weighted by molar-refractivity contribution is 5.70. The van der Waals surface area contributed by atoms with Crippen molar-refractivity contribution in [3.8, 4) is 16.9 Å². The molecule has 0 atom stereocenters. The van der Waals surface area contributed by atoms with Crippen molar-refractivity contribution in [3.05, 3.63) is 53.1 Å². The van der Waals surface area contributed by atoms with Crippen LogP contribution in [0.25, 0.3) is 11.1 Å². The maximum atomic E-state index is 9.69. The fourth-order valence-electron chi connectivity index (χ4n) is 1.85. The van der Waals surface area contributed by atoms with E-state index in [1.165, 1.54) is 11.1 Å². The molecule has 0 heterocycles. The SMILES string of the molecule is Cc1ccc(-c2cccc(O)c2C)cc1C. The van der Waals surface area contributed by atoms with Gasteiger partial charge in [-0.1, -0.05) is 30.3 Å². The Hall–Kier alpha value is -1.76. The second-order valence-corrected chi connectivity index (χ2v) is 4.25. The summed E-state index contributed by atoms with van der Waals surface area (Å²) in [4.78, 5) is 0. The van der Waals surface area contributed by atoms with Crippen LogP contribution in [-0.2, 0) is 0 Å². The van der Waals surface area contributed by atoms with E-state index >= 15 is 0 Å². The first-order valence-electron chi connectivity index (χ1n) is 5.46. The van der Waals surface area contributed by atoms with Gasteiger partial charge in [0.05, 0.1) is 0 Å². The standard InChI is InChI=1S/C15H16O/c1-10-7-8-13(9-11(10)2)14-5-4-6-15(16)12(14)3/h4-9,16H,1-3H3. The van der Waals surface area contributed by atoms with Gasteiger partial charge >= 0.3 is 0 Å². The van der Waals surface area contributed by atoms with E-state index in [2.05, 4.69) is 32.0 Å². The Bertz CT molecular complexity index is 527. The predicted molar refractivity (Wildman–Crippen MR) is 67.8 cm³/mol. The summed E-state index contributed by atoms with van der Waals surface area (Å²) in [5, 5.41) is 9.69. The molecule has 0 unspecified atom stereocenters. The van der Waals surface area contributed by atoms with Crippen molar-refractivity contribution in [3.63, 3.8) is 0 Å². The van der Waals surface area contributed by atoms with Gasteiger partial charge in [-0.25, -0.2) is 0 Å². The van der Waals surface area contributed by atoms with Crippen molar-refractivity contribution < 1.29 is 5.11 Å². The van der Waals surface area contributed by atoms with Crippen LogP contribution in [0, 0.1) is 20.8 Å². The van der Waals surface area contributed by atoms with Crippen molar-refractivity contribution in [1.82, 2.24) is 0 Å². The third kappa shape index (κ3) is 1.81. The van der Waals surface area contributed by atoms with Gasteiger partial charge in [0.1, 0.15) is 5.75 Å². The summed E-state index contributed by atoms with van der Waals surface area (Å²) in [5.74, 6) is 0.357. The zero-order valence-electron chi connectivity index (χ0n) is 9.91. The highest BCUT2D eigenvalue weighted by atomic mass is 16.3. The van der Waals surface area contributed by atoms with E-state index in [-0.39, 0.29) is 0 Å². The number of hydrogen-bond donors (Lipinski definition) is 1. The van der Waals surface area contributed by atoms with Gasteiger partial charge in [-0.2, -0.15) is 0 Å². The number of benzene rings is 2. The molecule has 1 N–H and O–H groups in total. The van der Waals surface area contributed by atoms with Crippen LogP contribution in [-0.4, -0.2) is 5.11 Å². The van der Waals surface area contributed by atoms with Crippen LogP contribution in [0.3, 0.4) is 0 Å². The van der Waals surface area contributed by atoms with Crippen LogP contribution >= 0.6 is 0 Å². The molecular formula is C15H16O. The number of aryl methyl sites for hydroxylation is 2. The Labute approximate surface area is 96.4 Å². The molecule has 0 saturated carbocycles. The maximum Gasteiger partial charge on any atom is 0.119 e. The van der Waals surface area contributed by atoms with Gasteiger partial charge in [0, 0.05) is 0 Å². The summed E-state index contributed by atoms with van der Waals surface area (Å²) in [6, 6.07) is 12.0. The molecule has 0 radical (unpaired) electrons. The van der Waals surface area contributed by atoms with E-state index in [0.717, 1.165) is 16.7 Å². The van der Waals surface area contributed by atoms with Gasteiger partial charge < -0.3 is 5.11 Å². The minimum atomic E-state index is 0.357. The molecule has 0 spiro atoms. The molecule has 2 aromatic carbocycles. The molecular weight excluding hydrogens is 196 g/mol. The molecule has 0 aliphatic carbocycles. The van der Waals surface area contributed by atoms with Crippen LogP contribution < -0.4 is 0 Å². The van der Waals surface area contributed by atoms with Crippen molar-refractivity contribution in [2.45, 2.75) is 20.8 Å². The summed E-state index contributed by atoms with van der Waals surface area (Å²) in [6.45, 7) is 6.16. The lowest BCUT2D eigenvalue weighted by Gasteiger charge is -2.09. The van der Waals surface area contributed by atoms with E-state index in [0.29, 0.717) is 5.75 Å². The minimum Gasteiger partial charge on any atom is -0.508 e. The average molecular weight is 212 g/mol. The van der Waals surface area contributed by atoms with Crippen molar-refractivity contribution in [1.29, 1.82) is 0 Å². The first-order valence-corrected chi connectivity index (χ1v) is 5.46. The van der Waals surface area contributed by atoms with Gasteiger partial charge in [-0.15, -0.1) is 0 Å². The van der Waals surface area contributed by atoms with Crippen LogP contribution in [0.4, 0.5) is 0 Å². The smallest absolute Gasteiger partial charge is 0.119 e. The van der Waals surface area contributed by atoms with E-state index in [1.807, 2.05) is 19.1 Å². The van der Waals surface area contributed by atoms with Crippen molar-refractivity contribution in [2.75, 3.05) is 0 Å². The molecule has 0 aliphatic heterocycles. The number of aromatic hydroxyl groups is 1. The molecule has 16 heavy (non-hydrogen) atoms. The molecule has 0 amide bonds. The molecule has 0 fully saturated rings. The number of hydrogen-bond acceptors (Lipinski definition) is 1. The lowest BCUT2D eigenvalue weighted by molar-refractivity contribution is 0.471. The maximum absolute atomic E-state index is 9.69. The summed E-state index contributed by atoms with van der Waals surface area (Å²) in [7, 11) is 0. The van der Waals surface area contributed by atoms with Crippen LogP contribution in [0.2, 0.25) is 0 Å². The molecule has 82 valence electrons. The Morgan fingerprint density at radius 1 is 0.875 bits per heavy atom. The van der Waals surface area contributed by atoms with Gasteiger partial charge in [0.2, 0.25) is 0 Å². The Morgan fingerprint density at radius 2 is 1.62 bits per heavy atom. The van der Waals surface area contributed by atoms with Crippen LogP contribution in [0.5, 0.6) is 5.75 Å². The lowest BCUT2D eigenvalue weighted by atomic mass is 9.97. The zero-order valence-corrected chi connectivity index (χ0v) is 9.91. The quantitative estimate of drug-likeness (QED) is 0.758. The fourth-order valence-corrected chi connectivity index (χ4v) is 1.85. The first-order chi connectivity index (χ1) is 7.59.